The number of hydrogen-bond acceptors (Lipinski definition) is 4. The molecule has 0 heterocycles. The Kier molecular flexibility index (Phi) is 5.27. The van der Waals surface area contributed by atoms with Gasteiger partial charge in [-0.25, -0.2) is 16.8 Å². The SMILES string of the molecule is C=CCN(S(=O)(=O)c1ccc(C)cc1)S(=O)(=O)c1ccc(C)cc1. The molecule has 0 N–H and O–H groups in total. The average molecular weight is 365 g/mol. The quantitative estimate of drug-likeness (QED) is 0.738. The molecule has 128 valence electrons. The lowest BCUT2D eigenvalue weighted by molar-refractivity contribution is 0.513. The van der Waals surface area contributed by atoms with E-state index in [4.69, 9.17) is 0 Å². The molecule has 0 saturated carbocycles. The van der Waals surface area contributed by atoms with Crippen LogP contribution in [-0.2, 0) is 20.0 Å². The predicted molar refractivity (Wildman–Crippen MR) is 93.6 cm³/mol. The second-order valence-electron chi connectivity index (χ2n) is 5.38. The van der Waals surface area contributed by atoms with Gasteiger partial charge in [-0.1, -0.05) is 45.2 Å². The summed E-state index contributed by atoms with van der Waals surface area (Å²) in [5.41, 5.74) is 1.76. The van der Waals surface area contributed by atoms with Gasteiger partial charge in [-0.15, -0.1) is 6.58 Å². The van der Waals surface area contributed by atoms with E-state index in [1.165, 1.54) is 30.3 Å². The zero-order valence-corrected chi connectivity index (χ0v) is 15.1. The summed E-state index contributed by atoms with van der Waals surface area (Å²) in [5.74, 6) is 0. The molecule has 0 bridgehead atoms. The summed E-state index contributed by atoms with van der Waals surface area (Å²) in [4.78, 5) is -0.156. The molecule has 5 nitrogen and oxygen atoms in total. The van der Waals surface area contributed by atoms with Gasteiger partial charge < -0.3 is 0 Å². The highest BCUT2D eigenvalue weighted by atomic mass is 32.3. The van der Waals surface area contributed by atoms with Gasteiger partial charge in [-0.05, 0) is 38.1 Å². The third-order valence-electron chi connectivity index (χ3n) is 3.45. The summed E-state index contributed by atoms with van der Waals surface area (Å²) >= 11 is 0. The molecular formula is C17H19NO4S2. The van der Waals surface area contributed by atoms with Crippen LogP contribution in [0, 0.1) is 13.8 Å². The fourth-order valence-electron chi connectivity index (χ4n) is 2.09. The van der Waals surface area contributed by atoms with Crippen LogP contribution in [0.1, 0.15) is 11.1 Å². The molecule has 0 fully saturated rings. The van der Waals surface area contributed by atoms with Gasteiger partial charge in [0, 0.05) is 6.54 Å². The van der Waals surface area contributed by atoms with Crippen LogP contribution in [0.15, 0.2) is 71.0 Å². The number of aryl methyl sites for hydroxylation is 2. The van der Waals surface area contributed by atoms with Crippen molar-refractivity contribution in [2.75, 3.05) is 6.54 Å². The molecule has 0 amide bonds. The van der Waals surface area contributed by atoms with Gasteiger partial charge >= 0.3 is 0 Å². The fraction of sp³-hybridized carbons (Fsp3) is 0.176. The molecule has 2 rings (SSSR count). The minimum absolute atomic E-state index is 0.0781. The van der Waals surface area contributed by atoms with Crippen LogP contribution in [0.4, 0.5) is 0 Å². The van der Waals surface area contributed by atoms with Crippen molar-refractivity contribution in [1.29, 1.82) is 0 Å². The Hall–Kier alpha value is -1.96. The molecule has 2 aromatic rings. The molecule has 0 atom stereocenters. The standard InChI is InChI=1S/C17H19NO4S2/c1-4-13-18(23(19,20)16-9-5-14(2)6-10-16)24(21,22)17-11-7-15(3)8-12-17/h4-12H,1,13H2,2-3H3. The van der Waals surface area contributed by atoms with Gasteiger partial charge in [0.15, 0.2) is 0 Å². The first-order valence-corrected chi connectivity index (χ1v) is 10.1. The Bertz CT molecular complexity index is 854. The van der Waals surface area contributed by atoms with E-state index >= 15 is 0 Å². The molecule has 0 unspecified atom stereocenters. The van der Waals surface area contributed by atoms with E-state index in [0.29, 0.717) is 3.71 Å². The number of hydrogen-bond donors (Lipinski definition) is 0. The molecule has 0 aliphatic rings. The maximum atomic E-state index is 12.8. The lowest BCUT2D eigenvalue weighted by Crippen LogP contribution is -2.37. The molecule has 0 aromatic heterocycles. The topological polar surface area (TPSA) is 71.5 Å². The van der Waals surface area contributed by atoms with Crippen molar-refractivity contribution in [3.8, 4) is 0 Å². The molecule has 0 aliphatic heterocycles. The van der Waals surface area contributed by atoms with Gasteiger partial charge in [0.05, 0.1) is 9.79 Å². The molecule has 0 aliphatic carbocycles. The summed E-state index contributed by atoms with van der Waals surface area (Å²) in [5, 5.41) is 0. The zero-order valence-electron chi connectivity index (χ0n) is 13.5. The Morgan fingerprint density at radius 3 is 1.42 bits per heavy atom. The number of rotatable bonds is 6. The highest BCUT2D eigenvalue weighted by Crippen LogP contribution is 2.24. The first kappa shape index (κ1) is 18.4. The summed E-state index contributed by atoms with van der Waals surface area (Å²) in [7, 11) is -8.44. The molecule has 0 radical (unpaired) electrons. The first-order valence-electron chi connectivity index (χ1n) is 7.22. The Labute approximate surface area is 143 Å². The monoisotopic (exact) mass is 365 g/mol. The number of sulfonamides is 2. The van der Waals surface area contributed by atoms with Gasteiger partial charge in [-0.2, -0.15) is 0 Å². The highest BCUT2D eigenvalue weighted by Gasteiger charge is 2.35. The van der Waals surface area contributed by atoms with E-state index < -0.39 is 20.0 Å². The van der Waals surface area contributed by atoms with Crippen molar-refractivity contribution in [2.24, 2.45) is 0 Å². The normalized spacial score (nSPS) is 12.3. The molecular weight excluding hydrogens is 346 g/mol. The van der Waals surface area contributed by atoms with Gasteiger partial charge in [-0.3, -0.25) is 0 Å². The van der Waals surface area contributed by atoms with E-state index in [0.717, 1.165) is 11.1 Å². The van der Waals surface area contributed by atoms with Crippen molar-refractivity contribution >= 4 is 20.0 Å². The second-order valence-corrected chi connectivity index (χ2v) is 9.34. The van der Waals surface area contributed by atoms with Crippen LogP contribution < -0.4 is 0 Å². The van der Waals surface area contributed by atoms with Crippen molar-refractivity contribution in [2.45, 2.75) is 23.6 Å². The lowest BCUT2D eigenvalue weighted by Gasteiger charge is -2.21. The minimum atomic E-state index is -4.22. The molecule has 0 saturated heterocycles. The maximum Gasteiger partial charge on any atom is 0.256 e. The van der Waals surface area contributed by atoms with E-state index in [9.17, 15) is 16.8 Å². The molecule has 2 aromatic carbocycles. The summed E-state index contributed by atoms with van der Waals surface area (Å²) in [6.07, 6.45) is 1.25. The predicted octanol–water partition coefficient (Wildman–Crippen LogP) is 2.87. The van der Waals surface area contributed by atoms with Crippen molar-refractivity contribution < 1.29 is 16.8 Å². The Morgan fingerprint density at radius 2 is 1.12 bits per heavy atom. The average Bonchev–Trinajstić information content (AvgIpc) is 2.53. The lowest BCUT2D eigenvalue weighted by atomic mass is 10.2. The van der Waals surface area contributed by atoms with Crippen molar-refractivity contribution in [3.05, 3.63) is 72.3 Å². The van der Waals surface area contributed by atoms with Gasteiger partial charge in [0.1, 0.15) is 0 Å². The van der Waals surface area contributed by atoms with Crippen LogP contribution in [0.2, 0.25) is 0 Å². The first-order chi connectivity index (χ1) is 11.2. The third-order valence-corrected chi connectivity index (χ3v) is 7.74. The zero-order chi connectivity index (χ0) is 18.0. The van der Waals surface area contributed by atoms with Crippen molar-refractivity contribution in [1.82, 2.24) is 3.71 Å². The van der Waals surface area contributed by atoms with E-state index in [1.54, 1.807) is 24.3 Å². The van der Waals surface area contributed by atoms with Crippen LogP contribution >= 0.6 is 0 Å². The third kappa shape index (κ3) is 3.58. The number of benzene rings is 2. The van der Waals surface area contributed by atoms with E-state index in [-0.39, 0.29) is 16.3 Å². The Morgan fingerprint density at radius 1 is 0.792 bits per heavy atom. The summed E-state index contributed by atoms with van der Waals surface area (Å²) in [6.45, 7) is 6.77. The summed E-state index contributed by atoms with van der Waals surface area (Å²) < 4.78 is 51.8. The van der Waals surface area contributed by atoms with Crippen LogP contribution in [0.25, 0.3) is 0 Å². The molecule has 0 spiro atoms. The van der Waals surface area contributed by atoms with Gasteiger partial charge in [0.25, 0.3) is 20.0 Å². The maximum absolute atomic E-state index is 12.8. The Balaban J connectivity index is 2.57. The van der Waals surface area contributed by atoms with Crippen LogP contribution in [-0.4, -0.2) is 27.1 Å². The largest absolute Gasteiger partial charge is 0.256 e. The highest BCUT2D eigenvalue weighted by molar-refractivity contribution is 8.04. The number of nitrogens with zero attached hydrogens (tertiary/aromatic N) is 1. The fourth-order valence-corrected chi connectivity index (χ4v) is 5.67. The molecule has 24 heavy (non-hydrogen) atoms. The van der Waals surface area contributed by atoms with Crippen LogP contribution in [0.3, 0.4) is 0 Å². The van der Waals surface area contributed by atoms with Crippen molar-refractivity contribution in [3.63, 3.8) is 0 Å². The second kappa shape index (κ2) is 6.88. The smallest absolute Gasteiger partial charge is 0.206 e. The minimum Gasteiger partial charge on any atom is -0.206 e. The van der Waals surface area contributed by atoms with E-state index in [2.05, 4.69) is 6.58 Å². The van der Waals surface area contributed by atoms with E-state index in [1.807, 2.05) is 13.8 Å². The van der Waals surface area contributed by atoms with Gasteiger partial charge in [0.2, 0.25) is 0 Å². The van der Waals surface area contributed by atoms with Crippen LogP contribution in [0.5, 0.6) is 0 Å². The summed E-state index contributed by atoms with van der Waals surface area (Å²) in [6, 6.07) is 12.1. The molecule has 7 heteroatoms.